The summed E-state index contributed by atoms with van der Waals surface area (Å²) in [6, 6.07) is 3.37. The van der Waals surface area contributed by atoms with Crippen LogP contribution < -0.4 is 9.39 Å². The van der Waals surface area contributed by atoms with Gasteiger partial charge in [-0.25, -0.2) is 4.79 Å². The van der Waals surface area contributed by atoms with Crippen molar-refractivity contribution in [1.82, 2.24) is 10.2 Å². The zero-order chi connectivity index (χ0) is 18.7. The van der Waals surface area contributed by atoms with E-state index in [4.69, 9.17) is 9.39 Å². The number of carbonyl (C=O) groups is 1. The molecular formula is C15H17BN2O5S3. The topological polar surface area (TPSA) is 102 Å². The molecule has 2 N–H and O–H groups in total. The molecule has 1 aromatic carbocycles. The van der Waals surface area contributed by atoms with Crippen LogP contribution >= 0.6 is 34.9 Å². The van der Waals surface area contributed by atoms with Crippen LogP contribution in [0.1, 0.15) is 29.3 Å². The summed E-state index contributed by atoms with van der Waals surface area (Å²) < 4.78 is 12.3. The summed E-state index contributed by atoms with van der Waals surface area (Å²) in [5.74, 6) is 0.203. The Morgan fingerprint density at radius 2 is 2.23 bits per heavy atom. The molecule has 11 heteroatoms. The van der Waals surface area contributed by atoms with E-state index in [2.05, 4.69) is 17.1 Å². The van der Waals surface area contributed by atoms with Gasteiger partial charge in [0, 0.05) is 5.75 Å². The average Bonchev–Trinajstić information content (AvgIpc) is 3.06. The van der Waals surface area contributed by atoms with E-state index in [0.717, 1.165) is 26.4 Å². The number of carboxylic acid groups (broad SMARTS) is 1. The van der Waals surface area contributed by atoms with Crippen LogP contribution in [-0.2, 0) is 6.42 Å². The molecule has 0 aliphatic carbocycles. The van der Waals surface area contributed by atoms with Crippen molar-refractivity contribution in [3.8, 4) is 11.5 Å². The highest BCUT2D eigenvalue weighted by Gasteiger charge is 2.39. The minimum atomic E-state index is -1.15. The van der Waals surface area contributed by atoms with Crippen LogP contribution in [0.25, 0.3) is 0 Å². The van der Waals surface area contributed by atoms with Gasteiger partial charge < -0.3 is 19.5 Å². The minimum absolute atomic E-state index is 0.0679. The molecule has 1 atom stereocenters. The van der Waals surface area contributed by atoms with Crippen molar-refractivity contribution in [1.29, 1.82) is 0 Å². The number of hydrogen-bond acceptors (Lipinski definition) is 9. The second kappa shape index (κ2) is 8.51. The Hall–Kier alpha value is -1.43. The SMILES string of the molecule is CCCSc1nnc(S[C@H]2Cc3ccc(OC)c(C(=O)O)c3OB2O)s1. The van der Waals surface area contributed by atoms with Gasteiger partial charge in [0.2, 0.25) is 0 Å². The lowest BCUT2D eigenvalue weighted by atomic mass is 9.77. The third kappa shape index (κ3) is 4.11. The van der Waals surface area contributed by atoms with Crippen LogP contribution in [0, 0.1) is 0 Å². The van der Waals surface area contributed by atoms with Gasteiger partial charge in [-0.05, 0) is 24.5 Å². The predicted octanol–water partition coefficient (Wildman–Crippen LogP) is 2.86. The fourth-order valence-electron chi connectivity index (χ4n) is 2.51. The number of carboxylic acids is 1. The summed E-state index contributed by atoms with van der Waals surface area (Å²) >= 11 is 4.54. The Kier molecular flexibility index (Phi) is 6.33. The molecule has 1 aliphatic rings. The Labute approximate surface area is 163 Å². The van der Waals surface area contributed by atoms with Crippen molar-refractivity contribution in [2.24, 2.45) is 0 Å². The van der Waals surface area contributed by atoms with Crippen LogP contribution in [0.2, 0.25) is 0 Å². The van der Waals surface area contributed by atoms with Gasteiger partial charge in [-0.3, -0.25) is 0 Å². The van der Waals surface area contributed by atoms with Crippen molar-refractivity contribution in [3.63, 3.8) is 0 Å². The van der Waals surface area contributed by atoms with Crippen LogP contribution in [0.3, 0.4) is 0 Å². The number of hydrogen-bond donors (Lipinski definition) is 2. The predicted molar refractivity (Wildman–Crippen MR) is 103 cm³/mol. The maximum atomic E-state index is 11.6. The van der Waals surface area contributed by atoms with Gasteiger partial charge in [0.1, 0.15) is 17.1 Å². The Balaban J connectivity index is 1.79. The molecule has 0 saturated carbocycles. The zero-order valence-electron chi connectivity index (χ0n) is 14.2. The van der Waals surface area contributed by atoms with E-state index in [1.54, 1.807) is 23.9 Å². The first-order valence-electron chi connectivity index (χ1n) is 7.94. The van der Waals surface area contributed by atoms with Crippen molar-refractivity contribution in [2.45, 2.75) is 33.6 Å². The molecule has 2 aromatic rings. The van der Waals surface area contributed by atoms with Gasteiger partial charge in [0.05, 0.1) is 12.3 Å². The van der Waals surface area contributed by atoms with Gasteiger partial charge >= 0.3 is 13.1 Å². The van der Waals surface area contributed by atoms with Gasteiger partial charge in [-0.1, -0.05) is 47.9 Å². The Bertz CT molecular complexity index is 804. The summed E-state index contributed by atoms with van der Waals surface area (Å²) in [5, 5.41) is 27.8. The summed E-state index contributed by atoms with van der Waals surface area (Å²) in [4.78, 5) is 11.6. The molecule has 0 bridgehead atoms. The average molecular weight is 412 g/mol. The third-order valence-corrected chi connectivity index (χ3v) is 7.26. The number of benzene rings is 1. The summed E-state index contributed by atoms with van der Waals surface area (Å²) in [6.07, 6.45) is 1.52. The maximum absolute atomic E-state index is 11.6. The molecule has 26 heavy (non-hydrogen) atoms. The highest BCUT2D eigenvalue weighted by Crippen LogP contribution is 2.41. The number of rotatable bonds is 7. The van der Waals surface area contributed by atoms with E-state index in [0.29, 0.717) is 6.42 Å². The Morgan fingerprint density at radius 1 is 1.46 bits per heavy atom. The second-order valence-electron chi connectivity index (χ2n) is 5.49. The highest BCUT2D eigenvalue weighted by atomic mass is 32.2. The smallest absolute Gasteiger partial charge is 0.534 e. The molecule has 0 saturated heterocycles. The highest BCUT2D eigenvalue weighted by molar-refractivity contribution is 8.04. The fraction of sp³-hybridized carbons (Fsp3) is 0.400. The first kappa shape index (κ1) is 19.3. The number of nitrogens with zero attached hydrogens (tertiary/aromatic N) is 2. The van der Waals surface area contributed by atoms with Gasteiger partial charge in [-0.15, -0.1) is 10.2 Å². The summed E-state index contributed by atoms with van der Waals surface area (Å²) in [6.45, 7) is 2.11. The number of aromatic carboxylic acids is 1. The standard InChI is InChI=1S/C15H17BN2O5S3/c1-3-6-24-14-17-18-15(26-14)25-10-7-8-4-5-9(22-2)11(13(19)20)12(8)23-16(10)21/h4-5,10,21H,3,6-7H2,1-2H3,(H,19,20)/t10-/m0/s1. The van der Waals surface area contributed by atoms with Crippen molar-refractivity contribution in [2.75, 3.05) is 12.9 Å². The van der Waals surface area contributed by atoms with E-state index >= 15 is 0 Å². The monoisotopic (exact) mass is 412 g/mol. The van der Waals surface area contributed by atoms with Crippen molar-refractivity contribution < 1.29 is 24.3 Å². The van der Waals surface area contributed by atoms with E-state index < -0.39 is 13.1 Å². The minimum Gasteiger partial charge on any atom is -0.534 e. The molecule has 1 aliphatic heterocycles. The van der Waals surface area contributed by atoms with Crippen LogP contribution in [0.15, 0.2) is 20.8 Å². The van der Waals surface area contributed by atoms with Crippen molar-refractivity contribution >= 4 is 47.9 Å². The number of fused-ring (bicyclic) bond motifs is 1. The molecule has 2 heterocycles. The molecule has 0 unspecified atom stereocenters. The van der Waals surface area contributed by atoms with Gasteiger partial charge in [0.25, 0.3) is 0 Å². The molecule has 7 nitrogen and oxygen atoms in total. The van der Waals surface area contributed by atoms with Gasteiger partial charge in [-0.2, -0.15) is 0 Å². The van der Waals surface area contributed by atoms with E-state index in [1.165, 1.54) is 30.2 Å². The van der Waals surface area contributed by atoms with Crippen LogP contribution in [0.5, 0.6) is 11.5 Å². The molecule has 138 valence electrons. The molecule has 0 spiro atoms. The Morgan fingerprint density at radius 3 is 2.92 bits per heavy atom. The molecule has 1 aromatic heterocycles. The zero-order valence-corrected chi connectivity index (χ0v) is 16.6. The molecule has 3 rings (SSSR count). The second-order valence-corrected chi connectivity index (χ2v) is 9.29. The number of methoxy groups -OCH3 is 1. The maximum Gasteiger partial charge on any atom is 0.537 e. The largest absolute Gasteiger partial charge is 0.537 e. The molecule has 0 amide bonds. The van der Waals surface area contributed by atoms with Gasteiger partial charge in [0.15, 0.2) is 8.68 Å². The van der Waals surface area contributed by atoms with E-state index in [-0.39, 0.29) is 22.2 Å². The lowest BCUT2D eigenvalue weighted by Crippen LogP contribution is -2.40. The fourth-order valence-corrected chi connectivity index (χ4v) is 5.76. The van der Waals surface area contributed by atoms with Crippen LogP contribution in [0.4, 0.5) is 0 Å². The number of ether oxygens (including phenoxy) is 1. The normalized spacial score (nSPS) is 16.1. The number of thioether (sulfide) groups is 2. The molecule has 0 radical (unpaired) electrons. The quantitative estimate of drug-likeness (QED) is 0.525. The van der Waals surface area contributed by atoms with Crippen LogP contribution in [-0.4, -0.2) is 51.4 Å². The lowest BCUT2D eigenvalue weighted by Gasteiger charge is -2.27. The van der Waals surface area contributed by atoms with E-state index in [9.17, 15) is 14.9 Å². The lowest BCUT2D eigenvalue weighted by molar-refractivity contribution is 0.0690. The third-order valence-electron chi connectivity index (χ3n) is 3.68. The van der Waals surface area contributed by atoms with Crippen molar-refractivity contribution in [3.05, 3.63) is 23.3 Å². The first-order chi connectivity index (χ1) is 12.5. The summed E-state index contributed by atoms with van der Waals surface area (Å²) in [5.41, 5.74) is 0.651. The summed E-state index contributed by atoms with van der Waals surface area (Å²) in [7, 11) is 0.253. The number of aromatic nitrogens is 2. The van der Waals surface area contributed by atoms with E-state index in [1.807, 2.05) is 0 Å². The molecule has 0 fully saturated rings. The molecular weight excluding hydrogens is 395 g/mol. The first-order valence-corrected chi connectivity index (χ1v) is 10.6.